The van der Waals surface area contributed by atoms with Crippen LogP contribution in [0.3, 0.4) is 0 Å². The van der Waals surface area contributed by atoms with E-state index in [2.05, 4.69) is 15.6 Å². The minimum Gasteiger partial charge on any atom is -0.480 e. The number of carboxylic acid groups (broad SMARTS) is 1. The molecule has 20 heavy (non-hydrogen) atoms. The molecule has 1 aromatic rings. The number of carbonyl (C=O) groups excluding carboxylic acids is 2. The van der Waals surface area contributed by atoms with Gasteiger partial charge in [0, 0.05) is 0 Å². The Hall–Kier alpha value is -2.58. The van der Waals surface area contributed by atoms with E-state index in [1.54, 1.807) is 13.8 Å². The Kier molecular flexibility index (Phi) is 5.07. The van der Waals surface area contributed by atoms with Crippen LogP contribution in [0.5, 0.6) is 0 Å². The number of aromatic nitrogens is 1. The third-order valence-corrected chi connectivity index (χ3v) is 2.48. The van der Waals surface area contributed by atoms with E-state index in [0.717, 1.165) is 0 Å². The Balaban J connectivity index is 2.49. The molecule has 0 bridgehead atoms. The Labute approximate surface area is 114 Å². The smallest absolute Gasteiger partial charge is 0.326 e. The lowest BCUT2D eigenvalue weighted by Crippen LogP contribution is -2.47. The van der Waals surface area contributed by atoms with E-state index < -0.39 is 30.4 Å². The molecule has 1 rings (SSSR count). The molecule has 9 nitrogen and oxygen atoms in total. The van der Waals surface area contributed by atoms with Crippen LogP contribution in [0.2, 0.25) is 0 Å². The molecule has 0 fully saturated rings. The summed E-state index contributed by atoms with van der Waals surface area (Å²) in [7, 11) is 0. The summed E-state index contributed by atoms with van der Waals surface area (Å²) in [6.45, 7) is 3.50. The monoisotopic (exact) mass is 284 g/mol. The van der Waals surface area contributed by atoms with Gasteiger partial charge in [-0.25, -0.2) is 14.6 Å². The highest BCUT2D eigenvalue weighted by molar-refractivity contribution is 5.87. The summed E-state index contributed by atoms with van der Waals surface area (Å²) in [4.78, 5) is 37.0. The Morgan fingerprint density at radius 3 is 2.50 bits per heavy atom. The molecule has 0 unspecified atom stereocenters. The molecule has 1 atom stereocenters. The second-order valence-corrected chi connectivity index (χ2v) is 4.14. The maximum atomic E-state index is 11.5. The zero-order valence-corrected chi connectivity index (χ0v) is 11.1. The van der Waals surface area contributed by atoms with Crippen molar-refractivity contribution in [2.45, 2.75) is 32.9 Å². The lowest BCUT2D eigenvalue weighted by molar-refractivity contribution is -0.140. The summed E-state index contributed by atoms with van der Waals surface area (Å²) >= 11 is 0. The van der Waals surface area contributed by atoms with E-state index in [1.165, 1.54) is 0 Å². The quantitative estimate of drug-likeness (QED) is 0.549. The van der Waals surface area contributed by atoms with Crippen molar-refractivity contribution in [3.05, 3.63) is 17.3 Å². The first-order valence-electron chi connectivity index (χ1n) is 5.78. The van der Waals surface area contributed by atoms with E-state index in [0.29, 0.717) is 17.3 Å². The second kappa shape index (κ2) is 6.55. The summed E-state index contributed by atoms with van der Waals surface area (Å²) in [6, 6.07) is -2.13. The van der Waals surface area contributed by atoms with Gasteiger partial charge in [0.05, 0.1) is 18.7 Å². The molecule has 0 saturated heterocycles. The van der Waals surface area contributed by atoms with Crippen molar-refractivity contribution in [3.8, 4) is 0 Å². The van der Waals surface area contributed by atoms with Crippen molar-refractivity contribution in [2.75, 3.05) is 0 Å². The Morgan fingerprint density at radius 2 is 2.05 bits per heavy atom. The van der Waals surface area contributed by atoms with Gasteiger partial charge >= 0.3 is 12.0 Å². The largest absolute Gasteiger partial charge is 0.480 e. The molecule has 110 valence electrons. The highest BCUT2D eigenvalue weighted by atomic mass is 16.4. The van der Waals surface area contributed by atoms with E-state index >= 15 is 0 Å². The van der Waals surface area contributed by atoms with Crippen LogP contribution in [-0.2, 0) is 16.1 Å². The highest BCUT2D eigenvalue weighted by Gasteiger charge is 2.22. The number of carbonyl (C=O) groups is 3. The fourth-order valence-electron chi connectivity index (χ4n) is 1.38. The van der Waals surface area contributed by atoms with Crippen molar-refractivity contribution >= 4 is 17.9 Å². The van der Waals surface area contributed by atoms with Crippen LogP contribution < -0.4 is 16.4 Å². The molecular weight excluding hydrogens is 268 g/mol. The number of primary amides is 1. The maximum absolute atomic E-state index is 11.5. The van der Waals surface area contributed by atoms with Crippen molar-refractivity contribution in [2.24, 2.45) is 5.73 Å². The molecule has 9 heteroatoms. The van der Waals surface area contributed by atoms with Crippen LogP contribution in [-0.4, -0.2) is 34.0 Å². The molecule has 3 amide bonds. The number of aryl methyl sites for hydroxylation is 2. The first kappa shape index (κ1) is 15.5. The van der Waals surface area contributed by atoms with Gasteiger partial charge in [0.2, 0.25) is 11.8 Å². The van der Waals surface area contributed by atoms with Crippen LogP contribution in [0.4, 0.5) is 4.79 Å². The summed E-state index contributed by atoms with van der Waals surface area (Å²) in [5.74, 6) is -1.23. The number of aliphatic carboxylic acids is 1. The van der Waals surface area contributed by atoms with Gasteiger partial charge in [-0.3, -0.25) is 4.79 Å². The van der Waals surface area contributed by atoms with Crippen molar-refractivity contribution in [1.29, 1.82) is 0 Å². The SMILES string of the molecule is Cc1nc(CNC(=O)N[C@@H](CC(N)=O)C(=O)O)oc1C. The van der Waals surface area contributed by atoms with Crippen molar-refractivity contribution in [3.63, 3.8) is 0 Å². The van der Waals surface area contributed by atoms with Crippen LogP contribution >= 0.6 is 0 Å². The second-order valence-electron chi connectivity index (χ2n) is 4.14. The molecule has 1 heterocycles. The van der Waals surface area contributed by atoms with E-state index in [9.17, 15) is 14.4 Å². The van der Waals surface area contributed by atoms with Gasteiger partial charge in [-0.05, 0) is 13.8 Å². The number of hydrogen-bond donors (Lipinski definition) is 4. The molecule has 0 radical (unpaired) electrons. The number of oxazole rings is 1. The van der Waals surface area contributed by atoms with Crippen LogP contribution in [0, 0.1) is 13.8 Å². The zero-order chi connectivity index (χ0) is 15.3. The minimum absolute atomic E-state index is 0.00340. The number of nitrogens with one attached hydrogen (secondary N) is 2. The predicted molar refractivity (Wildman–Crippen MR) is 66.6 cm³/mol. The molecular formula is C11H16N4O5. The van der Waals surface area contributed by atoms with Gasteiger partial charge in [-0.15, -0.1) is 0 Å². The predicted octanol–water partition coefficient (Wildman–Crippen LogP) is -0.581. The Bertz CT molecular complexity index is 505. The third-order valence-electron chi connectivity index (χ3n) is 2.48. The number of nitrogens with zero attached hydrogens (tertiary/aromatic N) is 1. The molecule has 0 spiro atoms. The van der Waals surface area contributed by atoms with Crippen LogP contribution in [0.25, 0.3) is 0 Å². The standard InChI is InChI=1S/C11H16N4O5/c1-5-6(2)20-9(14-5)4-13-11(19)15-7(10(17)18)3-8(12)16/h7H,3-4H2,1-2H3,(H2,12,16)(H,17,18)(H2,13,15,19)/t7-/m0/s1. The topological polar surface area (TPSA) is 148 Å². The highest BCUT2D eigenvalue weighted by Crippen LogP contribution is 2.07. The number of rotatable bonds is 6. The number of hydrogen-bond acceptors (Lipinski definition) is 5. The first-order valence-corrected chi connectivity index (χ1v) is 5.78. The summed E-state index contributed by atoms with van der Waals surface area (Å²) in [5, 5.41) is 13.3. The van der Waals surface area contributed by atoms with Crippen LogP contribution in [0.15, 0.2) is 4.42 Å². The maximum Gasteiger partial charge on any atom is 0.326 e. The lowest BCUT2D eigenvalue weighted by Gasteiger charge is -2.12. The summed E-state index contributed by atoms with van der Waals surface area (Å²) in [5.41, 5.74) is 5.60. The van der Waals surface area contributed by atoms with Gasteiger partial charge in [0.1, 0.15) is 11.8 Å². The molecule has 1 aromatic heterocycles. The lowest BCUT2D eigenvalue weighted by atomic mass is 10.2. The minimum atomic E-state index is -1.37. The zero-order valence-electron chi connectivity index (χ0n) is 11.1. The van der Waals surface area contributed by atoms with Gasteiger partial charge in [0.15, 0.2) is 0 Å². The number of urea groups is 1. The van der Waals surface area contributed by atoms with Crippen LogP contribution in [0.1, 0.15) is 23.8 Å². The molecule has 0 aliphatic heterocycles. The first-order chi connectivity index (χ1) is 9.29. The molecule has 0 aliphatic rings. The number of nitrogens with two attached hydrogens (primary N) is 1. The van der Waals surface area contributed by atoms with Gasteiger partial charge in [0.25, 0.3) is 0 Å². The average molecular weight is 284 g/mol. The van der Waals surface area contributed by atoms with E-state index in [4.69, 9.17) is 15.3 Å². The van der Waals surface area contributed by atoms with Crippen molar-refractivity contribution in [1.82, 2.24) is 15.6 Å². The molecule has 0 aromatic carbocycles. The molecule has 0 saturated carbocycles. The Morgan fingerprint density at radius 1 is 1.40 bits per heavy atom. The van der Waals surface area contributed by atoms with Gasteiger partial charge < -0.3 is 25.9 Å². The number of amides is 3. The fourth-order valence-corrected chi connectivity index (χ4v) is 1.38. The fraction of sp³-hybridized carbons (Fsp3) is 0.455. The molecule has 5 N–H and O–H groups in total. The van der Waals surface area contributed by atoms with E-state index in [1.807, 2.05) is 0 Å². The normalized spacial score (nSPS) is 11.7. The average Bonchev–Trinajstić information content (AvgIpc) is 2.65. The number of carboxylic acids is 1. The van der Waals surface area contributed by atoms with Crippen molar-refractivity contribution < 1.29 is 23.9 Å². The molecule has 0 aliphatic carbocycles. The van der Waals surface area contributed by atoms with Gasteiger partial charge in [-0.2, -0.15) is 0 Å². The van der Waals surface area contributed by atoms with E-state index in [-0.39, 0.29) is 6.54 Å². The summed E-state index contributed by atoms with van der Waals surface area (Å²) < 4.78 is 5.24. The third kappa shape index (κ3) is 4.59. The van der Waals surface area contributed by atoms with Gasteiger partial charge in [-0.1, -0.05) is 0 Å². The summed E-state index contributed by atoms with van der Waals surface area (Å²) in [6.07, 6.45) is -0.486.